The predicted octanol–water partition coefficient (Wildman–Crippen LogP) is -2.39. The Kier molecular flexibility index (Phi) is 4.95. The number of anilines is 2. The minimum Gasteiger partial charge on any atom is -1.00 e. The normalized spacial score (nSPS) is 12.1. The topological polar surface area (TPSA) is 161 Å². The molecule has 0 bridgehead atoms. The van der Waals surface area contributed by atoms with Crippen LogP contribution in [0.3, 0.4) is 0 Å². The maximum atomic E-state index is 11.1. The molecule has 2 rings (SSSR count). The van der Waals surface area contributed by atoms with Gasteiger partial charge in [0.05, 0.1) is 9.79 Å². The van der Waals surface area contributed by atoms with E-state index in [4.69, 9.17) is 20.6 Å². The summed E-state index contributed by atoms with van der Waals surface area (Å²) in [6.07, 6.45) is 0. The van der Waals surface area contributed by atoms with E-state index in [1.165, 1.54) is 0 Å². The fraction of sp³-hybridized carbons (Fsp3) is 0. The Hall–Kier alpha value is -0.880. The van der Waals surface area contributed by atoms with Gasteiger partial charge >= 0.3 is 29.6 Å². The Morgan fingerprint density at radius 1 is 0.810 bits per heavy atom. The van der Waals surface area contributed by atoms with Crippen molar-refractivity contribution in [3.05, 3.63) is 24.3 Å². The minimum absolute atomic E-state index is 0. The summed E-state index contributed by atoms with van der Waals surface area (Å²) in [5.74, 6) is 0. The zero-order valence-electron chi connectivity index (χ0n) is 11.8. The number of hydrogen-bond acceptors (Lipinski definition) is 6. The van der Waals surface area contributed by atoms with Crippen molar-refractivity contribution in [2.24, 2.45) is 0 Å². The SMILES string of the molecule is Nc1cc(S(=O)(=O)O)cc2cc(S(=O)(=O)O)cc(N)c12.[H-].[Na+]. The summed E-state index contributed by atoms with van der Waals surface area (Å²) in [7, 11) is -9.02. The Labute approximate surface area is 144 Å². The maximum Gasteiger partial charge on any atom is 1.00 e. The summed E-state index contributed by atoms with van der Waals surface area (Å²) >= 11 is 0. The van der Waals surface area contributed by atoms with Crippen LogP contribution >= 0.6 is 0 Å². The monoisotopic (exact) mass is 342 g/mol. The molecule has 0 radical (unpaired) electrons. The third-order valence-electron chi connectivity index (χ3n) is 2.65. The van der Waals surface area contributed by atoms with E-state index in [-0.39, 0.29) is 53.1 Å². The number of hydrogen-bond donors (Lipinski definition) is 4. The van der Waals surface area contributed by atoms with Crippen molar-refractivity contribution in [3.8, 4) is 0 Å². The van der Waals surface area contributed by atoms with Gasteiger partial charge in [-0.25, -0.2) is 0 Å². The number of fused-ring (bicyclic) bond motifs is 1. The van der Waals surface area contributed by atoms with E-state index in [9.17, 15) is 16.8 Å². The van der Waals surface area contributed by atoms with Crippen LogP contribution in [0.1, 0.15) is 1.43 Å². The molecule has 8 nitrogen and oxygen atoms in total. The van der Waals surface area contributed by atoms with Crippen LogP contribution in [-0.2, 0) is 20.2 Å². The van der Waals surface area contributed by atoms with Gasteiger partial charge in [0, 0.05) is 16.8 Å². The first-order chi connectivity index (χ1) is 9.00. The van der Waals surface area contributed by atoms with Crippen LogP contribution in [0.15, 0.2) is 34.1 Å². The van der Waals surface area contributed by atoms with Crippen LogP contribution in [0.4, 0.5) is 11.4 Å². The van der Waals surface area contributed by atoms with E-state index >= 15 is 0 Å². The summed E-state index contributed by atoms with van der Waals surface area (Å²) in [4.78, 5) is -1.01. The fourth-order valence-corrected chi connectivity index (χ4v) is 2.93. The molecular formula is C10H11N2NaO6S2. The van der Waals surface area contributed by atoms with E-state index in [1.807, 2.05) is 0 Å². The summed E-state index contributed by atoms with van der Waals surface area (Å²) in [6.45, 7) is 0. The first kappa shape index (κ1) is 18.2. The second kappa shape index (κ2) is 5.72. The Morgan fingerprint density at radius 2 is 1.14 bits per heavy atom. The molecule has 0 amide bonds. The molecule has 0 aliphatic carbocycles. The molecule has 0 saturated carbocycles. The van der Waals surface area contributed by atoms with Crippen molar-refractivity contribution in [1.29, 1.82) is 0 Å². The number of benzene rings is 2. The van der Waals surface area contributed by atoms with Crippen molar-refractivity contribution in [3.63, 3.8) is 0 Å². The van der Waals surface area contributed by atoms with Crippen LogP contribution in [0, 0.1) is 0 Å². The molecule has 0 heterocycles. The van der Waals surface area contributed by atoms with E-state index in [2.05, 4.69) is 0 Å². The molecule has 0 unspecified atom stereocenters. The molecule has 11 heteroatoms. The van der Waals surface area contributed by atoms with E-state index in [0.717, 1.165) is 24.3 Å². The largest absolute Gasteiger partial charge is 1.00 e. The average molecular weight is 342 g/mol. The number of nitrogens with two attached hydrogens (primary N) is 2. The molecule has 6 N–H and O–H groups in total. The Morgan fingerprint density at radius 3 is 1.43 bits per heavy atom. The van der Waals surface area contributed by atoms with E-state index in [1.54, 1.807) is 0 Å². The average Bonchev–Trinajstić information content (AvgIpc) is 2.25. The van der Waals surface area contributed by atoms with Gasteiger partial charge in [0.1, 0.15) is 0 Å². The fourth-order valence-electron chi connectivity index (χ4n) is 1.82. The molecule has 0 aromatic heterocycles. The van der Waals surface area contributed by atoms with Crippen LogP contribution in [0.5, 0.6) is 0 Å². The molecule has 110 valence electrons. The Bertz CT molecular complexity index is 857. The third-order valence-corrected chi connectivity index (χ3v) is 4.32. The summed E-state index contributed by atoms with van der Waals surface area (Å²) in [5, 5.41) is 0.287. The van der Waals surface area contributed by atoms with E-state index < -0.39 is 30.0 Å². The molecule has 0 aliphatic rings. The smallest absolute Gasteiger partial charge is 1.00 e. The van der Waals surface area contributed by atoms with E-state index in [0.29, 0.717) is 0 Å². The van der Waals surface area contributed by atoms with Crippen molar-refractivity contribution >= 4 is 42.4 Å². The predicted molar refractivity (Wildman–Crippen MR) is 73.5 cm³/mol. The zero-order valence-corrected chi connectivity index (χ0v) is 14.4. The van der Waals surface area contributed by atoms with Gasteiger partial charge in [-0.1, -0.05) is 0 Å². The van der Waals surface area contributed by atoms with Gasteiger partial charge in [0.2, 0.25) is 0 Å². The second-order valence-corrected chi connectivity index (χ2v) is 6.92. The quantitative estimate of drug-likeness (QED) is 0.267. The zero-order chi connectivity index (χ0) is 15.3. The second-order valence-electron chi connectivity index (χ2n) is 4.07. The number of nitrogen functional groups attached to an aromatic ring is 2. The van der Waals surface area contributed by atoms with Crippen molar-refractivity contribution in [1.82, 2.24) is 0 Å². The van der Waals surface area contributed by atoms with Crippen molar-refractivity contribution in [2.45, 2.75) is 9.79 Å². The maximum absolute atomic E-state index is 11.1. The van der Waals surface area contributed by atoms with Gasteiger partial charge in [-0.05, 0) is 29.7 Å². The molecule has 0 spiro atoms. The van der Waals surface area contributed by atoms with Gasteiger partial charge in [0.25, 0.3) is 20.2 Å². The third kappa shape index (κ3) is 3.66. The van der Waals surface area contributed by atoms with Gasteiger partial charge in [-0.2, -0.15) is 16.8 Å². The molecule has 0 saturated heterocycles. The van der Waals surface area contributed by atoms with Gasteiger partial charge < -0.3 is 12.9 Å². The molecular weight excluding hydrogens is 331 g/mol. The molecule has 0 atom stereocenters. The Balaban J connectivity index is 0.00000220. The number of rotatable bonds is 2. The first-order valence-corrected chi connectivity index (χ1v) is 7.96. The molecule has 2 aromatic carbocycles. The summed E-state index contributed by atoms with van der Waals surface area (Å²) in [6, 6.07) is 4.01. The molecule has 0 fully saturated rings. The standard InChI is InChI=1S/C10H10N2O6S2.Na.H/c11-8-3-6(19(13,14)15)1-5-2-7(20(16,17)18)4-9(12)10(5)8;;/h1-4H,11-12H2,(H,13,14,15)(H,16,17,18);;/q;+1;-1. The van der Waals surface area contributed by atoms with Crippen LogP contribution in [0.25, 0.3) is 10.8 Å². The van der Waals surface area contributed by atoms with Crippen molar-refractivity contribution in [2.75, 3.05) is 11.5 Å². The summed E-state index contributed by atoms with van der Waals surface area (Å²) < 4.78 is 62.4. The van der Waals surface area contributed by atoms with Gasteiger partial charge in [0.15, 0.2) is 0 Å². The molecule has 2 aromatic rings. The summed E-state index contributed by atoms with van der Waals surface area (Å²) in [5.41, 5.74) is 11.2. The van der Waals surface area contributed by atoms with Crippen LogP contribution < -0.4 is 41.0 Å². The minimum atomic E-state index is -4.51. The molecule has 21 heavy (non-hydrogen) atoms. The molecule has 0 aliphatic heterocycles. The van der Waals surface area contributed by atoms with Gasteiger partial charge in [-0.3, -0.25) is 9.11 Å². The first-order valence-electron chi connectivity index (χ1n) is 5.08. The van der Waals surface area contributed by atoms with Crippen molar-refractivity contribution < 1.29 is 56.9 Å². The van der Waals surface area contributed by atoms with Crippen LogP contribution in [-0.4, -0.2) is 25.9 Å². The van der Waals surface area contributed by atoms with Gasteiger partial charge in [-0.15, -0.1) is 0 Å². The van der Waals surface area contributed by atoms with Crippen LogP contribution in [0.2, 0.25) is 0 Å².